The van der Waals surface area contributed by atoms with Gasteiger partial charge >= 0.3 is 0 Å². The molecule has 0 saturated heterocycles. The van der Waals surface area contributed by atoms with Gasteiger partial charge in [-0.25, -0.2) is 0 Å². The van der Waals surface area contributed by atoms with E-state index in [1.54, 1.807) is 12.3 Å². The quantitative estimate of drug-likeness (QED) is 0.249. The Hall–Kier alpha value is -0.790. The van der Waals surface area contributed by atoms with Crippen molar-refractivity contribution >= 4 is 6.21 Å². The third-order valence-corrected chi connectivity index (χ3v) is 0.918. The van der Waals surface area contributed by atoms with Crippen molar-refractivity contribution in [3.8, 4) is 0 Å². The molecule has 0 aromatic heterocycles. The minimum atomic E-state index is 0.495. The van der Waals surface area contributed by atoms with Crippen molar-refractivity contribution in [2.24, 2.45) is 11.1 Å². The van der Waals surface area contributed by atoms with Crippen molar-refractivity contribution in [1.82, 2.24) is 0 Å². The Morgan fingerprint density at radius 3 is 2.80 bits per heavy atom. The summed E-state index contributed by atoms with van der Waals surface area (Å²) in [4.78, 5) is 4.78. The van der Waals surface area contributed by atoms with Gasteiger partial charge in [0.2, 0.25) is 0 Å². The van der Waals surface area contributed by atoms with Crippen molar-refractivity contribution in [1.29, 1.82) is 0 Å². The largest absolute Gasteiger partial charge is 0.392 e. The van der Waals surface area contributed by atoms with Gasteiger partial charge in [-0.15, -0.1) is 0 Å². The van der Waals surface area contributed by atoms with E-state index in [4.69, 9.17) is 4.84 Å². The lowest BCUT2D eigenvalue weighted by Crippen LogP contribution is -1.88. The van der Waals surface area contributed by atoms with Gasteiger partial charge in [0.05, 0.1) is 0 Å². The predicted molar refractivity (Wildman–Crippen MR) is 44.1 cm³/mol. The first-order valence-electron chi connectivity index (χ1n) is 3.52. The van der Waals surface area contributed by atoms with Gasteiger partial charge in [0.25, 0.3) is 0 Å². The lowest BCUT2D eigenvalue weighted by Gasteiger charge is -1.95. The molecule has 10 heavy (non-hydrogen) atoms. The minimum absolute atomic E-state index is 0.495. The van der Waals surface area contributed by atoms with Crippen LogP contribution < -0.4 is 0 Å². The van der Waals surface area contributed by atoms with Crippen LogP contribution in [0.3, 0.4) is 0 Å². The summed E-state index contributed by atoms with van der Waals surface area (Å²) in [6.45, 7) is 8.27. The number of hydrogen-bond donors (Lipinski definition) is 0. The van der Waals surface area contributed by atoms with Gasteiger partial charge in [-0.1, -0.05) is 31.7 Å². The molecule has 0 atom stereocenters. The number of hydrogen-bond acceptors (Lipinski definition) is 2. The first-order chi connectivity index (χ1) is 4.77. The molecule has 2 heteroatoms. The fourth-order valence-electron chi connectivity index (χ4n) is 0.402. The molecule has 0 fully saturated rings. The van der Waals surface area contributed by atoms with Crippen LogP contribution in [0, 0.1) is 5.92 Å². The second-order valence-electron chi connectivity index (χ2n) is 2.50. The smallest absolute Gasteiger partial charge is 0.135 e. The highest BCUT2D eigenvalue weighted by molar-refractivity contribution is 5.56. The zero-order valence-corrected chi connectivity index (χ0v) is 6.71. The highest BCUT2D eigenvalue weighted by Crippen LogP contribution is 1.94. The van der Waals surface area contributed by atoms with E-state index in [9.17, 15) is 0 Å². The van der Waals surface area contributed by atoms with Gasteiger partial charge in [0.1, 0.15) is 6.61 Å². The molecule has 0 radical (unpaired) electrons. The van der Waals surface area contributed by atoms with Gasteiger partial charge in [0, 0.05) is 6.21 Å². The Bertz CT molecular complexity index is 108. The van der Waals surface area contributed by atoms with E-state index in [2.05, 4.69) is 25.6 Å². The van der Waals surface area contributed by atoms with E-state index in [-0.39, 0.29) is 0 Å². The van der Waals surface area contributed by atoms with Gasteiger partial charge in [-0.05, 0) is 12.3 Å². The molecule has 2 nitrogen and oxygen atoms in total. The molecule has 58 valence electrons. The van der Waals surface area contributed by atoms with E-state index >= 15 is 0 Å². The van der Waals surface area contributed by atoms with Crippen LogP contribution in [-0.2, 0) is 4.84 Å². The topological polar surface area (TPSA) is 21.6 Å². The van der Waals surface area contributed by atoms with E-state index in [0.29, 0.717) is 12.5 Å². The second-order valence-corrected chi connectivity index (χ2v) is 2.50. The van der Waals surface area contributed by atoms with Crippen LogP contribution in [0.5, 0.6) is 0 Å². The van der Waals surface area contributed by atoms with Crippen molar-refractivity contribution < 1.29 is 4.84 Å². The lowest BCUT2D eigenvalue weighted by molar-refractivity contribution is 0.175. The second kappa shape index (κ2) is 6.33. The van der Waals surface area contributed by atoms with E-state index in [0.717, 1.165) is 6.42 Å². The molecule has 0 amide bonds. The maximum absolute atomic E-state index is 4.78. The normalized spacial score (nSPS) is 10.7. The first kappa shape index (κ1) is 9.21. The average Bonchev–Trinajstić information content (AvgIpc) is 1.87. The van der Waals surface area contributed by atoms with Crippen LogP contribution in [-0.4, -0.2) is 12.8 Å². The van der Waals surface area contributed by atoms with E-state index < -0.39 is 0 Å². The highest BCUT2D eigenvalue weighted by atomic mass is 16.6. The number of oxime groups is 1. The van der Waals surface area contributed by atoms with Crippen molar-refractivity contribution in [2.75, 3.05) is 6.61 Å². The molecule has 0 bridgehead atoms. The van der Waals surface area contributed by atoms with Crippen LogP contribution in [0.25, 0.3) is 0 Å². The molecular weight excluding hydrogens is 126 g/mol. The van der Waals surface area contributed by atoms with Gasteiger partial charge in [-0.2, -0.15) is 0 Å². The number of nitrogens with zero attached hydrogens (tertiary/aromatic N) is 1. The summed E-state index contributed by atoms with van der Waals surface area (Å²) in [6.07, 6.45) is 4.43. The SMILES string of the molecule is C=CCO/N=C/CC(C)C. The highest BCUT2D eigenvalue weighted by Gasteiger charge is 1.86. The Kier molecular flexibility index (Phi) is 5.83. The average molecular weight is 141 g/mol. The molecule has 0 aliphatic carbocycles. The summed E-state index contributed by atoms with van der Waals surface area (Å²) < 4.78 is 0. The van der Waals surface area contributed by atoms with Crippen molar-refractivity contribution in [3.05, 3.63) is 12.7 Å². The Labute approximate surface area is 62.6 Å². The molecular formula is C8H15NO. The third kappa shape index (κ3) is 7.21. The molecule has 0 saturated carbocycles. The molecule has 0 N–H and O–H groups in total. The van der Waals surface area contributed by atoms with Crippen LogP contribution in [0.15, 0.2) is 17.8 Å². The van der Waals surface area contributed by atoms with Crippen LogP contribution in [0.4, 0.5) is 0 Å². The Morgan fingerprint density at radius 1 is 1.60 bits per heavy atom. The molecule has 0 aliphatic heterocycles. The molecule has 0 aromatic rings. The fraction of sp³-hybridized carbons (Fsp3) is 0.625. The van der Waals surface area contributed by atoms with Gasteiger partial charge in [-0.3, -0.25) is 0 Å². The monoisotopic (exact) mass is 141 g/mol. The third-order valence-electron chi connectivity index (χ3n) is 0.918. The summed E-state index contributed by atoms with van der Waals surface area (Å²) in [5, 5.41) is 3.70. The summed E-state index contributed by atoms with van der Waals surface area (Å²) >= 11 is 0. The van der Waals surface area contributed by atoms with Gasteiger partial charge < -0.3 is 4.84 Å². The maximum Gasteiger partial charge on any atom is 0.135 e. The molecule has 0 heterocycles. The molecule has 0 spiro atoms. The Balaban J connectivity index is 3.11. The van der Waals surface area contributed by atoms with E-state index in [1.165, 1.54) is 0 Å². The molecule has 0 rings (SSSR count). The Morgan fingerprint density at radius 2 is 2.30 bits per heavy atom. The van der Waals surface area contributed by atoms with Crippen LogP contribution in [0.2, 0.25) is 0 Å². The minimum Gasteiger partial charge on any atom is -0.392 e. The molecule has 0 aromatic carbocycles. The number of rotatable bonds is 5. The summed E-state index contributed by atoms with van der Waals surface area (Å²) in [6, 6.07) is 0. The summed E-state index contributed by atoms with van der Waals surface area (Å²) in [7, 11) is 0. The van der Waals surface area contributed by atoms with E-state index in [1.807, 2.05) is 0 Å². The summed E-state index contributed by atoms with van der Waals surface area (Å²) in [5.41, 5.74) is 0. The lowest BCUT2D eigenvalue weighted by atomic mass is 10.2. The summed E-state index contributed by atoms with van der Waals surface area (Å²) in [5.74, 6) is 0.649. The van der Waals surface area contributed by atoms with Gasteiger partial charge in [0.15, 0.2) is 0 Å². The fourth-order valence-corrected chi connectivity index (χ4v) is 0.402. The standard InChI is InChI=1S/C8H15NO/c1-4-7-10-9-6-5-8(2)3/h4,6,8H,1,5,7H2,2-3H3/b9-6+. The molecule has 0 aliphatic rings. The van der Waals surface area contributed by atoms with Crippen LogP contribution in [0.1, 0.15) is 20.3 Å². The van der Waals surface area contributed by atoms with Crippen molar-refractivity contribution in [2.45, 2.75) is 20.3 Å². The zero-order chi connectivity index (χ0) is 7.82. The zero-order valence-electron chi connectivity index (χ0n) is 6.71. The predicted octanol–water partition coefficient (Wildman–Crippen LogP) is 2.22. The van der Waals surface area contributed by atoms with Crippen LogP contribution >= 0.6 is 0 Å². The maximum atomic E-state index is 4.78. The first-order valence-corrected chi connectivity index (χ1v) is 3.52. The molecule has 0 unspecified atom stereocenters. The van der Waals surface area contributed by atoms with Crippen molar-refractivity contribution in [3.63, 3.8) is 0 Å².